The third kappa shape index (κ3) is 7.88. The molecule has 0 aromatic heterocycles. The summed E-state index contributed by atoms with van der Waals surface area (Å²) in [5.41, 5.74) is 0.908. The lowest BCUT2D eigenvalue weighted by molar-refractivity contribution is -0.139. The minimum Gasteiger partial charge on any atom is -0.352 e. The first-order chi connectivity index (χ1) is 15.3. The molecular weight excluding hydrogens is 553 g/mol. The molecule has 1 atom stereocenters. The van der Waals surface area contributed by atoms with Crippen LogP contribution in [-0.2, 0) is 26.2 Å². The second-order valence-electron chi connectivity index (χ2n) is 7.84. The van der Waals surface area contributed by atoms with E-state index >= 15 is 0 Å². The van der Waals surface area contributed by atoms with Gasteiger partial charge in [-0.2, -0.15) is 0 Å². The van der Waals surface area contributed by atoms with Gasteiger partial charge in [0.1, 0.15) is 12.6 Å². The Morgan fingerprint density at radius 1 is 1.06 bits per heavy atom. The van der Waals surface area contributed by atoms with E-state index in [4.69, 9.17) is 23.2 Å². The minimum atomic E-state index is -3.78. The summed E-state index contributed by atoms with van der Waals surface area (Å²) in [7, 11) is -3.78. The fraction of sp³-hybridized carbons (Fsp3) is 0.364. The summed E-state index contributed by atoms with van der Waals surface area (Å²) in [5, 5.41) is 3.56. The molecule has 0 fully saturated rings. The van der Waals surface area contributed by atoms with Crippen molar-refractivity contribution in [2.75, 3.05) is 17.1 Å². The number of benzene rings is 2. The van der Waals surface area contributed by atoms with Crippen molar-refractivity contribution in [3.63, 3.8) is 0 Å². The summed E-state index contributed by atoms with van der Waals surface area (Å²) in [5.74, 6) is -0.918. The molecule has 2 aromatic carbocycles. The third-order valence-electron chi connectivity index (χ3n) is 4.75. The zero-order valence-corrected chi connectivity index (χ0v) is 22.6. The Morgan fingerprint density at radius 3 is 2.18 bits per heavy atom. The first-order valence-electron chi connectivity index (χ1n) is 10.1. The first-order valence-corrected chi connectivity index (χ1v) is 13.5. The van der Waals surface area contributed by atoms with Crippen LogP contribution in [0.5, 0.6) is 0 Å². The number of anilines is 1. The molecule has 0 saturated carbocycles. The SMILES string of the molecule is CC(C)NC(=O)C(C)N(Cc1ccc(Cl)cc1Cl)C(=O)CN(c1ccc(Br)cc1)S(C)(=O)=O. The van der Waals surface area contributed by atoms with E-state index in [0.717, 1.165) is 15.0 Å². The smallest absolute Gasteiger partial charge is 0.244 e. The van der Waals surface area contributed by atoms with E-state index in [-0.39, 0.29) is 18.5 Å². The van der Waals surface area contributed by atoms with Gasteiger partial charge in [0.15, 0.2) is 0 Å². The van der Waals surface area contributed by atoms with E-state index in [1.807, 2.05) is 13.8 Å². The lowest BCUT2D eigenvalue weighted by atomic mass is 10.1. The van der Waals surface area contributed by atoms with Crippen molar-refractivity contribution in [2.24, 2.45) is 0 Å². The quantitative estimate of drug-likeness (QED) is 0.476. The van der Waals surface area contributed by atoms with Gasteiger partial charge in [0.25, 0.3) is 0 Å². The average molecular weight is 579 g/mol. The number of nitrogens with one attached hydrogen (secondary N) is 1. The van der Waals surface area contributed by atoms with E-state index < -0.39 is 28.5 Å². The van der Waals surface area contributed by atoms with Crippen LogP contribution in [0, 0.1) is 0 Å². The van der Waals surface area contributed by atoms with Gasteiger partial charge in [-0.05, 0) is 62.7 Å². The molecule has 33 heavy (non-hydrogen) atoms. The normalized spacial score (nSPS) is 12.4. The van der Waals surface area contributed by atoms with Gasteiger partial charge in [-0.25, -0.2) is 8.42 Å². The fourth-order valence-corrected chi connectivity index (χ4v) is 4.62. The van der Waals surface area contributed by atoms with Gasteiger partial charge >= 0.3 is 0 Å². The van der Waals surface area contributed by atoms with Crippen molar-refractivity contribution in [2.45, 2.75) is 39.4 Å². The predicted octanol–water partition coefficient (Wildman–Crippen LogP) is 4.46. The molecule has 1 unspecified atom stereocenters. The maximum Gasteiger partial charge on any atom is 0.244 e. The standard InChI is InChI=1S/C22H26BrCl2N3O4S/c1-14(2)26-22(30)15(3)27(12-16-5-8-18(24)11-20(16)25)21(29)13-28(33(4,31)32)19-9-6-17(23)7-10-19/h5-11,14-15H,12-13H2,1-4H3,(H,26,30). The summed E-state index contributed by atoms with van der Waals surface area (Å²) in [4.78, 5) is 27.4. The Balaban J connectivity index is 2.41. The molecule has 11 heteroatoms. The highest BCUT2D eigenvalue weighted by Gasteiger charge is 2.30. The molecule has 2 aromatic rings. The number of carbonyl (C=O) groups is 2. The number of sulfonamides is 1. The minimum absolute atomic E-state index is 0.000538. The zero-order valence-electron chi connectivity index (χ0n) is 18.7. The van der Waals surface area contributed by atoms with Crippen LogP contribution in [0.15, 0.2) is 46.9 Å². The van der Waals surface area contributed by atoms with Crippen LogP contribution in [0.25, 0.3) is 0 Å². The highest BCUT2D eigenvalue weighted by molar-refractivity contribution is 9.10. The molecule has 2 rings (SSSR count). The Hall–Kier alpha value is -1.81. The maximum absolute atomic E-state index is 13.4. The number of hydrogen-bond donors (Lipinski definition) is 1. The highest BCUT2D eigenvalue weighted by atomic mass is 79.9. The van der Waals surface area contributed by atoms with Gasteiger partial charge in [-0.3, -0.25) is 13.9 Å². The molecule has 2 amide bonds. The van der Waals surface area contributed by atoms with Gasteiger partial charge in [0.05, 0.1) is 11.9 Å². The molecule has 1 N–H and O–H groups in total. The average Bonchev–Trinajstić information content (AvgIpc) is 2.70. The molecule has 0 aliphatic rings. The molecule has 0 spiro atoms. The Morgan fingerprint density at radius 2 is 1.67 bits per heavy atom. The Kier molecular flexibility index (Phi) is 9.60. The van der Waals surface area contributed by atoms with Crippen LogP contribution in [-0.4, -0.2) is 50.0 Å². The monoisotopic (exact) mass is 577 g/mol. The first kappa shape index (κ1) is 27.4. The summed E-state index contributed by atoms with van der Waals surface area (Å²) in [6, 6.07) is 10.4. The lowest BCUT2D eigenvalue weighted by Gasteiger charge is -2.32. The van der Waals surface area contributed by atoms with Crippen molar-refractivity contribution in [3.05, 3.63) is 62.5 Å². The van der Waals surface area contributed by atoms with Gasteiger partial charge in [-0.1, -0.05) is 45.2 Å². The Bertz CT molecular complexity index is 1110. The molecule has 0 bridgehead atoms. The molecule has 0 radical (unpaired) electrons. The lowest BCUT2D eigenvalue weighted by Crippen LogP contribution is -2.52. The van der Waals surface area contributed by atoms with Gasteiger partial charge in [0.2, 0.25) is 21.8 Å². The van der Waals surface area contributed by atoms with Crippen LogP contribution in [0.2, 0.25) is 10.0 Å². The van der Waals surface area contributed by atoms with Crippen LogP contribution in [0.4, 0.5) is 5.69 Å². The fourth-order valence-electron chi connectivity index (χ4n) is 3.04. The topological polar surface area (TPSA) is 86.8 Å². The van der Waals surface area contributed by atoms with Gasteiger partial charge in [-0.15, -0.1) is 0 Å². The van der Waals surface area contributed by atoms with Gasteiger partial charge < -0.3 is 10.2 Å². The number of halogens is 3. The van der Waals surface area contributed by atoms with Crippen molar-refractivity contribution >= 4 is 66.7 Å². The number of nitrogens with zero attached hydrogens (tertiary/aromatic N) is 2. The van der Waals surface area contributed by atoms with Crippen molar-refractivity contribution < 1.29 is 18.0 Å². The summed E-state index contributed by atoms with van der Waals surface area (Å²) in [6.45, 7) is 4.73. The Labute approximate surface area is 213 Å². The molecule has 0 aliphatic carbocycles. The van der Waals surface area contributed by atoms with Gasteiger partial charge in [0, 0.05) is 27.1 Å². The largest absolute Gasteiger partial charge is 0.352 e. The molecule has 0 saturated heterocycles. The summed E-state index contributed by atoms with van der Waals surface area (Å²) in [6.07, 6.45) is 1.03. The number of hydrogen-bond acceptors (Lipinski definition) is 4. The summed E-state index contributed by atoms with van der Waals surface area (Å²) < 4.78 is 26.8. The third-order valence-corrected chi connectivity index (χ3v) is 7.00. The van der Waals surface area contributed by atoms with E-state index in [9.17, 15) is 18.0 Å². The summed E-state index contributed by atoms with van der Waals surface area (Å²) >= 11 is 15.6. The predicted molar refractivity (Wildman–Crippen MR) is 136 cm³/mol. The number of amides is 2. The molecule has 0 heterocycles. The van der Waals surface area contributed by atoms with E-state index in [1.165, 1.54) is 4.90 Å². The van der Waals surface area contributed by atoms with Crippen LogP contribution in [0.1, 0.15) is 26.3 Å². The second kappa shape index (κ2) is 11.6. The molecule has 180 valence electrons. The number of carbonyl (C=O) groups excluding carboxylic acids is 2. The maximum atomic E-state index is 13.4. The van der Waals surface area contributed by atoms with E-state index in [1.54, 1.807) is 49.4 Å². The molecular formula is C22H26BrCl2N3O4S. The number of rotatable bonds is 9. The van der Waals surface area contributed by atoms with Crippen LogP contribution in [0.3, 0.4) is 0 Å². The van der Waals surface area contributed by atoms with Crippen LogP contribution >= 0.6 is 39.1 Å². The zero-order chi connectivity index (χ0) is 24.9. The van der Waals surface area contributed by atoms with Crippen LogP contribution < -0.4 is 9.62 Å². The van der Waals surface area contributed by atoms with E-state index in [2.05, 4.69) is 21.2 Å². The van der Waals surface area contributed by atoms with Crippen molar-refractivity contribution in [3.8, 4) is 0 Å². The highest BCUT2D eigenvalue weighted by Crippen LogP contribution is 2.25. The molecule has 7 nitrogen and oxygen atoms in total. The van der Waals surface area contributed by atoms with Crippen molar-refractivity contribution in [1.82, 2.24) is 10.2 Å². The second-order valence-corrected chi connectivity index (χ2v) is 11.5. The van der Waals surface area contributed by atoms with E-state index in [0.29, 0.717) is 21.3 Å². The molecule has 0 aliphatic heterocycles. The van der Waals surface area contributed by atoms with Crippen molar-refractivity contribution in [1.29, 1.82) is 0 Å².